The third-order valence-corrected chi connectivity index (χ3v) is 4.09. The predicted molar refractivity (Wildman–Crippen MR) is 79.7 cm³/mol. The Bertz CT molecular complexity index is 626. The SMILES string of the molecule is COC(=O)C1(C(=O)OC)CC(=O)/C(=C(/C)c2ccccc2)C1. The Morgan fingerprint density at radius 3 is 2.05 bits per heavy atom. The molecule has 0 saturated heterocycles. The molecule has 0 amide bonds. The Hall–Kier alpha value is -2.43. The lowest BCUT2D eigenvalue weighted by molar-refractivity contribution is -0.169. The molecule has 1 aromatic rings. The van der Waals surface area contributed by atoms with E-state index in [-0.39, 0.29) is 18.6 Å². The Morgan fingerprint density at radius 1 is 1.00 bits per heavy atom. The van der Waals surface area contributed by atoms with Gasteiger partial charge in [0.05, 0.1) is 14.2 Å². The van der Waals surface area contributed by atoms with E-state index in [4.69, 9.17) is 9.47 Å². The maximum Gasteiger partial charge on any atom is 0.324 e. The molecule has 22 heavy (non-hydrogen) atoms. The molecule has 0 heterocycles. The van der Waals surface area contributed by atoms with Crippen molar-refractivity contribution in [2.75, 3.05) is 14.2 Å². The first kappa shape index (κ1) is 15.9. The molecule has 116 valence electrons. The quantitative estimate of drug-likeness (QED) is 0.486. The van der Waals surface area contributed by atoms with Crippen LogP contribution in [0.1, 0.15) is 25.3 Å². The van der Waals surface area contributed by atoms with Crippen molar-refractivity contribution >= 4 is 23.3 Å². The largest absolute Gasteiger partial charge is 0.468 e. The topological polar surface area (TPSA) is 69.7 Å². The standard InChI is InChI=1S/C17H18O5/c1-11(12-7-5-4-6-8-12)13-9-17(10-14(13)18,15(19)21-2)16(20)22-3/h4-8H,9-10H2,1-3H3/b13-11-. The van der Waals surface area contributed by atoms with Crippen LogP contribution in [-0.2, 0) is 23.9 Å². The normalized spacial score (nSPS) is 18.8. The Labute approximate surface area is 128 Å². The molecule has 1 saturated carbocycles. The molecule has 1 fully saturated rings. The van der Waals surface area contributed by atoms with Gasteiger partial charge in [-0.05, 0) is 18.1 Å². The van der Waals surface area contributed by atoms with Crippen LogP contribution in [0.5, 0.6) is 0 Å². The van der Waals surface area contributed by atoms with Gasteiger partial charge in [-0.3, -0.25) is 14.4 Å². The molecule has 0 N–H and O–H groups in total. The first-order valence-corrected chi connectivity index (χ1v) is 6.91. The number of ketones is 1. The van der Waals surface area contributed by atoms with Crippen molar-refractivity contribution in [3.8, 4) is 0 Å². The minimum atomic E-state index is -1.56. The molecule has 1 aromatic carbocycles. The summed E-state index contributed by atoms with van der Waals surface area (Å²) in [6, 6.07) is 9.38. The monoisotopic (exact) mass is 302 g/mol. The molecule has 1 aliphatic carbocycles. The molecule has 5 heteroatoms. The summed E-state index contributed by atoms with van der Waals surface area (Å²) >= 11 is 0. The van der Waals surface area contributed by atoms with Crippen LogP contribution in [0.2, 0.25) is 0 Å². The predicted octanol–water partition coefficient (Wildman–Crippen LogP) is 2.16. The van der Waals surface area contributed by atoms with E-state index in [1.54, 1.807) is 0 Å². The Morgan fingerprint density at radius 2 is 1.55 bits per heavy atom. The van der Waals surface area contributed by atoms with E-state index in [9.17, 15) is 14.4 Å². The molecular formula is C17H18O5. The van der Waals surface area contributed by atoms with E-state index in [0.717, 1.165) is 11.1 Å². The lowest BCUT2D eigenvalue weighted by atomic mass is 9.85. The zero-order chi connectivity index (χ0) is 16.3. The van der Waals surface area contributed by atoms with Crippen molar-refractivity contribution in [1.29, 1.82) is 0 Å². The average Bonchev–Trinajstić information content (AvgIpc) is 2.92. The summed E-state index contributed by atoms with van der Waals surface area (Å²) in [6.45, 7) is 1.81. The highest BCUT2D eigenvalue weighted by Gasteiger charge is 2.55. The summed E-state index contributed by atoms with van der Waals surface area (Å²) < 4.78 is 9.46. The molecule has 0 radical (unpaired) electrons. The van der Waals surface area contributed by atoms with E-state index < -0.39 is 17.4 Å². The average molecular weight is 302 g/mol. The number of esters is 2. The summed E-state index contributed by atoms with van der Waals surface area (Å²) in [6.07, 6.45) is -0.211. The van der Waals surface area contributed by atoms with E-state index in [1.807, 2.05) is 37.3 Å². The summed E-state index contributed by atoms with van der Waals surface area (Å²) in [5.41, 5.74) is 0.560. The smallest absolute Gasteiger partial charge is 0.324 e. The highest BCUT2D eigenvalue weighted by molar-refractivity contribution is 6.14. The fourth-order valence-electron chi connectivity index (χ4n) is 2.81. The van der Waals surface area contributed by atoms with Crippen LogP contribution in [0.15, 0.2) is 35.9 Å². The van der Waals surface area contributed by atoms with E-state index in [2.05, 4.69) is 0 Å². The Kier molecular flexibility index (Phi) is 4.45. The molecule has 0 spiro atoms. The summed E-state index contributed by atoms with van der Waals surface area (Å²) in [5.74, 6) is -1.69. The van der Waals surface area contributed by atoms with Crippen molar-refractivity contribution in [1.82, 2.24) is 0 Å². The molecular weight excluding hydrogens is 284 g/mol. The van der Waals surface area contributed by atoms with Crippen molar-refractivity contribution in [3.63, 3.8) is 0 Å². The third kappa shape index (κ3) is 2.54. The van der Waals surface area contributed by atoms with Gasteiger partial charge in [0.15, 0.2) is 11.2 Å². The second kappa shape index (κ2) is 6.13. The number of ether oxygens (including phenoxy) is 2. The van der Waals surface area contributed by atoms with Gasteiger partial charge in [0.1, 0.15) is 0 Å². The zero-order valence-electron chi connectivity index (χ0n) is 12.8. The van der Waals surface area contributed by atoms with E-state index in [0.29, 0.717) is 5.57 Å². The van der Waals surface area contributed by atoms with Crippen molar-refractivity contribution in [2.45, 2.75) is 19.8 Å². The molecule has 0 bridgehead atoms. The second-order valence-electron chi connectivity index (χ2n) is 5.31. The van der Waals surface area contributed by atoms with Gasteiger partial charge in [-0.1, -0.05) is 30.3 Å². The van der Waals surface area contributed by atoms with Crippen LogP contribution in [0.25, 0.3) is 5.57 Å². The number of carbonyl (C=O) groups excluding carboxylic acids is 3. The molecule has 0 unspecified atom stereocenters. The number of Topliss-reactive ketones (excluding diaryl/α,β-unsaturated/α-hetero) is 1. The summed E-state index contributed by atoms with van der Waals surface area (Å²) in [5, 5.41) is 0. The van der Waals surface area contributed by atoms with E-state index in [1.165, 1.54) is 14.2 Å². The van der Waals surface area contributed by atoms with Gasteiger partial charge in [-0.2, -0.15) is 0 Å². The molecule has 1 aliphatic rings. The van der Waals surface area contributed by atoms with Gasteiger partial charge in [-0.15, -0.1) is 0 Å². The number of hydrogen-bond donors (Lipinski definition) is 0. The van der Waals surface area contributed by atoms with Crippen LogP contribution in [0, 0.1) is 5.41 Å². The number of carbonyl (C=O) groups is 3. The number of allylic oxidation sites excluding steroid dienone is 2. The lowest BCUT2D eigenvalue weighted by Gasteiger charge is -2.21. The van der Waals surface area contributed by atoms with Gasteiger partial charge in [0, 0.05) is 18.4 Å². The van der Waals surface area contributed by atoms with Gasteiger partial charge < -0.3 is 9.47 Å². The number of hydrogen-bond acceptors (Lipinski definition) is 5. The summed E-state index contributed by atoms with van der Waals surface area (Å²) in [4.78, 5) is 36.5. The Balaban J connectivity index is 2.48. The highest BCUT2D eigenvalue weighted by atomic mass is 16.5. The van der Waals surface area contributed by atoms with Crippen molar-refractivity contribution in [2.24, 2.45) is 5.41 Å². The third-order valence-electron chi connectivity index (χ3n) is 4.09. The number of rotatable bonds is 3. The molecule has 0 aliphatic heterocycles. The lowest BCUT2D eigenvalue weighted by Crippen LogP contribution is -2.39. The number of benzene rings is 1. The zero-order valence-corrected chi connectivity index (χ0v) is 12.8. The van der Waals surface area contributed by atoms with Crippen LogP contribution in [0.4, 0.5) is 0 Å². The van der Waals surface area contributed by atoms with Crippen LogP contribution in [0.3, 0.4) is 0 Å². The minimum Gasteiger partial charge on any atom is -0.468 e. The fraction of sp³-hybridized carbons (Fsp3) is 0.353. The fourth-order valence-corrected chi connectivity index (χ4v) is 2.81. The minimum absolute atomic E-state index is 0.00586. The van der Waals surface area contributed by atoms with Crippen LogP contribution < -0.4 is 0 Å². The molecule has 5 nitrogen and oxygen atoms in total. The van der Waals surface area contributed by atoms with Crippen LogP contribution in [-0.4, -0.2) is 31.9 Å². The van der Waals surface area contributed by atoms with Crippen molar-refractivity contribution in [3.05, 3.63) is 41.5 Å². The van der Waals surface area contributed by atoms with Gasteiger partial charge >= 0.3 is 11.9 Å². The molecule has 2 rings (SSSR count). The maximum atomic E-state index is 12.4. The second-order valence-corrected chi connectivity index (χ2v) is 5.31. The first-order chi connectivity index (χ1) is 10.5. The van der Waals surface area contributed by atoms with E-state index >= 15 is 0 Å². The molecule has 0 atom stereocenters. The maximum absolute atomic E-state index is 12.4. The van der Waals surface area contributed by atoms with Crippen LogP contribution >= 0.6 is 0 Å². The highest BCUT2D eigenvalue weighted by Crippen LogP contribution is 2.44. The summed E-state index contributed by atoms with van der Waals surface area (Å²) in [7, 11) is 2.40. The molecule has 0 aromatic heterocycles. The van der Waals surface area contributed by atoms with Crippen molar-refractivity contribution < 1.29 is 23.9 Å². The first-order valence-electron chi connectivity index (χ1n) is 6.91. The van der Waals surface area contributed by atoms with Gasteiger partial charge in [0.25, 0.3) is 0 Å². The van der Waals surface area contributed by atoms with Gasteiger partial charge in [-0.25, -0.2) is 0 Å². The number of methoxy groups -OCH3 is 2. The van der Waals surface area contributed by atoms with Gasteiger partial charge in [0.2, 0.25) is 0 Å².